The summed E-state index contributed by atoms with van der Waals surface area (Å²) in [4.78, 5) is 6.99. The Kier molecular flexibility index (Phi) is 3.18. The molecule has 4 rings (SSSR count). The van der Waals surface area contributed by atoms with Gasteiger partial charge in [-0.05, 0) is 48.1 Å². The molecule has 21 heavy (non-hydrogen) atoms. The normalized spacial score (nSPS) is 18.0. The largest absolute Gasteiger partial charge is 0.242 e. The first kappa shape index (κ1) is 12.9. The topological polar surface area (TPSA) is 67.3 Å². The van der Waals surface area contributed by atoms with Crippen molar-refractivity contribution in [3.05, 3.63) is 23.4 Å². The van der Waals surface area contributed by atoms with Crippen molar-refractivity contribution in [2.24, 2.45) is 5.92 Å². The summed E-state index contributed by atoms with van der Waals surface area (Å²) >= 11 is 1.64. The van der Waals surface area contributed by atoms with Crippen LogP contribution in [0.4, 0.5) is 0 Å². The van der Waals surface area contributed by atoms with Crippen LogP contribution in [0.15, 0.2) is 12.1 Å². The Morgan fingerprint density at radius 2 is 2.33 bits per heavy atom. The molecule has 108 valence electrons. The molecule has 0 saturated heterocycles. The zero-order chi connectivity index (χ0) is 14.2. The van der Waals surface area contributed by atoms with Gasteiger partial charge in [0.15, 0.2) is 0 Å². The first-order valence-electron chi connectivity index (χ1n) is 7.49. The van der Waals surface area contributed by atoms with Crippen molar-refractivity contribution in [2.45, 2.75) is 39.0 Å². The summed E-state index contributed by atoms with van der Waals surface area (Å²) < 4.78 is 0. The average Bonchev–Trinajstić information content (AvgIpc) is 3.14. The number of nitrogens with one attached hydrogen (secondary N) is 1. The lowest BCUT2D eigenvalue weighted by atomic mass is 9.84. The molecular weight excluding hydrogens is 282 g/mol. The van der Waals surface area contributed by atoms with Gasteiger partial charge in [0, 0.05) is 11.1 Å². The maximum Gasteiger partial charge on any atom is 0.214 e. The molecule has 0 amide bonds. The van der Waals surface area contributed by atoms with E-state index >= 15 is 0 Å². The molecule has 0 bridgehead atoms. The van der Waals surface area contributed by atoms with Crippen molar-refractivity contribution < 1.29 is 0 Å². The minimum Gasteiger partial charge on any atom is -0.242 e. The number of pyridine rings is 1. The summed E-state index contributed by atoms with van der Waals surface area (Å²) in [6.45, 7) is 2.27. The standard InChI is InChI=1S/C15H17N5S/c1-2-3-9-4-5-12-10(6-9)7-11-8-13(21-15(11)16-12)14-17-19-20-18-14/h7-9H,2-6H2,1H3,(H,17,18,19,20). The van der Waals surface area contributed by atoms with Crippen LogP contribution in [0.3, 0.4) is 0 Å². The maximum atomic E-state index is 4.87. The molecule has 1 N–H and O–H groups in total. The lowest BCUT2D eigenvalue weighted by Crippen LogP contribution is -2.15. The summed E-state index contributed by atoms with van der Waals surface area (Å²) in [6, 6.07) is 4.45. The molecule has 1 aliphatic rings. The number of tetrazole rings is 1. The third kappa shape index (κ3) is 2.33. The van der Waals surface area contributed by atoms with Crippen molar-refractivity contribution in [1.82, 2.24) is 25.6 Å². The van der Waals surface area contributed by atoms with E-state index in [0.29, 0.717) is 5.82 Å². The molecule has 6 heteroatoms. The first-order valence-corrected chi connectivity index (χ1v) is 8.31. The molecule has 0 aliphatic heterocycles. The number of hydrogen-bond acceptors (Lipinski definition) is 5. The van der Waals surface area contributed by atoms with Gasteiger partial charge in [0.25, 0.3) is 0 Å². The van der Waals surface area contributed by atoms with Crippen molar-refractivity contribution in [2.75, 3.05) is 0 Å². The second-order valence-corrected chi connectivity index (χ2v) is 6.76. The Morgan fingerprint density at radius 1 is 1.38 bits per heavy atom. The molecule has 3 aromatic heterocycles. The molecule has 0 radical (unpaired) electrons. The number of H-pyrrole nitrogens is 1. The average molecular weight is 299 g/mol. The van der Waals surface area contributed by atoms with E-state index in [9.17, 15) is 0 Å². The molecule has 1 atom stereocenters. The zero-order valence-electron chi connectivity index (χ0n) is 12.0. The van der Waals surface area contributed by atoms with E-state index in [0.717, 1.165) is 22.0 Å². The highest BCUT2D eigenvalue weighted by atomic mass is 32.1. The molecule has 0 fully saturated rings. The fraction of sp³-hybridized carbons (Fsp3) is 0.467. The second kappa shape index (κ2) is 5.18. The van der Waals surface area contributed by atoms with Gasteiger partial charge in [0.1, 0.15) is 4.83 Å². The summed E-state index contributed by atoms with van der Waals surface area (Å²) in [5, 5.41) is 15.4. The fourth-order valence-corrected chi connectivity index (χ4v) is 4.19. The Bertz CT molecular complexity index is 762. The van der Waals surface area contributed by atoms with Gasteiger partial charge in [0.05, 0.1) is 4.88 Å². The minimum absolute atomic E-state index is 0.653. The van der Waals surface area contributed by atoms with Gasteiger partial charge in [-0.2, -0.15) is 5.21 Å². The van der Waals surface area contributed by atoms with E-state index in [1.807, 2.05) is 0 Å². The molecular formula is C15H17N5S. The van der Waals surface area contributed by atoms with Crippen molar-refractivity contribution >= 4 is 21.6 Å². The van der Waals surface area contributed by atoms with Gasteiger partial charge in [0.2, 0.25) is 5.82 Å². The number of aryl methyl sites for hydroxylation is 1. The minimum atomic E-state index is 0.653. The quantitative estimate of drug-likeness (QED) is 0.805. The Balaban J connectivity index is 1.73. The number of hydrogen-bond donors (Lipinski definition) is 1. The highest BCUT2D eigenvalue weighted by Crippen LogP contribution is 2.34. The summed E-state index contributed by atoms with van der Waals surface area (Å²) in [6.07, 6.45) is 6.18. The maximum absolute atomic E-state index is 4.87. The van der Waals surface area contributed by atoms with Gasteiger partial charge in [-0.15, -0.1) is 21.5 Å². The van der Waals surface area contributed by atoms with E-state index in [-0.39, 0.29) is 0 Å². The molecule has 0 saturated carbocycles. The summed E-state index contributed by atoms with van der Waals surface area (Å²) in [5.41, 5.74) is 2.72. The highest BCUT2D eigenvalue weighted by Gasteiger charge is 2.20. The zero-order valence-corrected chi connectivity index (χ0v) is 12.8. The number of fused-ring (bicyclic) bond motifs is 2. The summed E-state index contributed by atoms with van der Waals surface area (Å²) in [7, 11) is 0. The van der Waals surface area contributed by atoms with Crippen molar-refractivity contribution in [3.63, 3.8) is 0 Å². The van der Waals surface area contributed by atoms with E-state index in [1.54, 1.807) is 11.3 Å². The van der Waals surface area contributed by atoms with Crippen LogP contribution in [-0.2, 0) is 12.8 Å². The van der Waals surface area contributed by atoms with E-state index in [4.69, 9.17) is 4.98 Å². The van der Waals surface area contributed by atoms with Crippen LogP contribution in [0.1, 0.15) is 37.4 Å². The number of aromatic nitrogens is 5. The van der Waals surface area contributed by atoms with Gasteiger partial charge in [-0.25, -0.2) is 4.98 Å². The smallest absolute Gasteiger partial charge is 0.214 e. The molecule has 1 unspecified atom stereocenters. The lowest BCUT2D eigenvalue weighted by molar-refractivity contribution is 0.419. The second-order valence-electron chi connectivity index (χ2n) is 5.73. The third-order valence-electron chi connectivity index (χ3n) is 4.24. The molecule has 0 spiro atoms. The first-order chi connectivity index (χ1) is 10.3. The van der Waals surface area contributed by atoms with Crippen LogP contribution < -0.4 is 0 Å². The van der Waals surface area contributed by atoms with Gasteiger partial charge < -0.3 is 0 Å². The molecule has 3 aromatic rings. The van der Waals surface area contributed by atoms with Gasteiger partial charge in [-0.1, -0.05) is 19.8 Å². The SMILES string of the molecule is CCCC1CCc2nc3sc(-c4nn[nH]n4)cc3cc2C1. The van der Waals surface area contributed by atoms with Crippen LogP contribution in [0, 0.1) is 5.92 Å². The van der Waals surface area contributed by atoms with Crippen molar-refractivity contribution in [1.29, 1.82) is 0 Å². The fourth-order valence-electron chi connectivity index (χ4n) is 3.23. The van der Waals surface area contributed by atoms with E-state index in [1.165, 1.54) is 42.3 Å². The van der Waals surface area contributed by atoms with Gasteiger partial charge >= 0.3 is 0 Å². The Morgan fingerprint density at radius 3 is 3.14 bits per heavy atom. The molecule has 1 aliphatic carbocycles. The van der Waals surface area contributed by atoms with Crippen LogP contribution in [-0.4, -0.2) is 25.6 Å². The summed E-state index contributed by atoms with van der Waals surface area (Å²) in [5.74, 6) is 1.48. The molecule has 3 heterocycles. The van der Waals surface area contributed by atoms with E-state index in [2.05, 4.69) is 39.7 Å². The van der Waals surface area contributed by atoms with E-state index < -0.39 is 0 Å². The number of rotatable bonds is 3. The molecule has 5 nitrogen and oxygen atoms in total. The lowest BCUT2D eigenvalue weighted by Gasteiger charge is -2.23. The van der Waals surface area contributed by atoms with Crippen LogP contribution in [0.5, 0.6) is 0 Å². The van der Waals surface area contributed by atoms with Crippen LogP contribution in [0.25, 0.3) is 20.9 Å². The monoisotopic (exact) mass is 299 g/mol. The number of thiophene rings is 1. The predicted octanol–water partition coefficient (Wildman–Crippen LogP) is 3.38. The highest BCUT2D eigenvalue weighted by molar-refractivity contribution is 7.21. The van der Waals surface area contributed by atoms with Crippen LogP contribution >= 0.6 is 11.3 Å². The van der Waals surface area contributed by atoms with Gasteiger partial charge in [-0.3, -0.25) is 0 Å². The predicted molar refractivity (Wildman–Crippen MR) is 83.2 cm³/mol. The number of aromatic amines is 1. The Hall–Kier alpha value is -1.82. The van der Waals surface area contributed by atoms with Crippen molar-refractivity contribution in [3.8, 4) is 10.7 Å². The number of nitrogens with zero attached hydrogens (tertiary/aromatic N) is 4. The van der Waals surface area contributed by atoms with Crippen LogP contribution in [0.2, 0.25) is 0 Å². The Labute approximate surface area is 126 Å². The molecule has 0 aromatic carbocycles. The third-order valence-corrected chi connectivity index (χ3v) is 5.28.